The van der Waals surface area contributed by atoms with Gasteiger partial charge in [-0.15, -0.1) is 0 Å². The molecule has 0 saturated carbocycles. The third kappa shape index (κ3) is 4.03. The Balaban J connectivity index is 1.95. The van der Waals surface area contributed by atoms with Gasteiger partial charge >= 0.3 is 0 Å². The van der Waals surface area contributed by atoms with E-state index in [-0.39, 0.29) is 11.8 Å². The number of nitrogens with zero attached hydrogens (tertiary/aromatic N) is 1. The van der Waals surface area contributed by atoms with E-state index in [2.05, 4.69) is 26.5 Å². The summed E-state index contributed by atoms with van der Waals surface area (Å²) in [5.41, 5.74) is 4.27. The predicted molar refractivity (Wildman–Crippen MR) is 85.0 cm³/mol. The third-order valence-corrected chi connectivity index (χ3v) is 3.37. The van der Waals surface area contributed by atoms with E-state index in [9.17, 15) is 4.79 Å². The van der Waals surface area contributed by atoms with Crippen LogP contribution in [0.1, 0.15) is 28.8 Å². The molecule has 1 amide bonds. The lowest BCUT2D eigenvalue weighted by Crippen LogP contribution is -2.18. The van der Waals surface area contributed by atoms with Crippen molar-refractivity contribution in [2.45, 2.75) is 12.8 Å². The summed E-state index contributed by atoms with van der Waals surface area (Å²) in [6.45, 7) is 2.03. The van der Waals surface area contributed by atoms with Crippen LogP contribution < -0.4 is 5.43 Å². The Morgan fingerprint density at radius 2 is 1.95 bits per heavy atom. The smallest absolute Gasteiger partial charge is 0.267 e. The maximum atomic E-state index is 11.9. The molecule has 20 heavy (non-hydrogen) atoms. The fraction of sp³-hybridized carbons (Fsp3) is 0.125. The van der Waals surface area contributed by atoms with E-state index < -0.39 is 0 Å². The summed E-state index contributed by atoms with van der Waals surface area (Å²) in [6, 6.07) is 17.2. The Labute approximate surface area is 126 Å². The molecule has 102 valence electrons. The van der Waals surface area contributed by atoms with Crippen LogP contribution in [0.15, 0.2) is 64.2 Å². The number of carbonyl (C=O) groups is 1. The number of hydrazone groups is 1. The van der Waals surface area contributed by atoms with Crippen molar-refractivity contribution in [2.75, 3.05) is 0 Å². The van der Waals surface area contributed by atoms with Crippen molar-refractivity contribution >= 4 is 28.1 Å². The molecular formula is C16H15BrN2O. The highest BCUT2D eigenvalue weighted by Crippen LogP contribution is 2.12. The van der Waals surface area contributed by atoms with Gasteiger partial charge in [0, 0.05) is 22.2 Å². The van der Waals surface area contributed by atoms with Crippen LogP contribution in [-0.4, -0.2) is 12.1 Å². The molecule has 0 bridgehead atoms. The van der Waals surface area contributed by atoms with E-state index >= 15 is 0 Å². The van der Waals surface area contributed by atoms with Crippen molar-refractivity contribution in [3.8, 4) is 0 Å². The molecule has 0 saturated heterocycles. The molecule has 3 nitrogen and oxygen atoms in total. The second-order valence-electron chi connectivity index (χ2n) is 4.43. The third-order valence-electron chi connectivity index (χ3n) is 2.88. The topological polar surface area (TPSA) is 41.5 Å². The quantitative estimate of drug-likeness (QED) is 0.668. The van der Waals surface area contributed by atoms with Gasteiger partial charge in [-0.2, -0.15) is 5.10 Å². The second kappa shape index (κ2) is 7.01. The largest absolute Gasteiger partial charge is 0.271 e. The van der Waals surface area contributed by atoms with Gasteiger partial charge in [0.2, 0.25) is 0 Å². The van der Waals surface area contributed by atoms with Crippen LogP contribution in [0.3, 0.4) is 0 Å². The van der Waals surface area contributed by atoms with Crippen LogP contribution in [0.4, 0.5) is 0 Å². The van der Waals surface area contributed by atoms with E-state index in [1.807, 2.05) is 49.4 Å². The lowest BCUT2D eigenvalue weighted by atomic mass is 10.0. The monoisotopic (exact) mass is 330 g/mol. The number of benzene rings is 2. The first-order chi connectivity index (χ1) is 9.66. The average molecular weight is 331 g/mol. The van der Waals surface area contributed by atoms with Gasteiger partial charge in [-0.05, 0) is 23.8 Å². The molecule has 1 N–H and O–H groups in total. The Hall–Kier alpha value is -1.94. The standard InChI is InChI=1S/C16H15BrN2O/c1-12(13-6-3-2-4-7-13)11-18-19-16(20)14-8-5-9-15(17)10-14/h2-12H,1H3,(H,19,20). The molecule has 4 heteroatoms. The SMILES string of the molecule is CC(C=NNC(=O)c1cccc(Br)c1)c1ccccc1. The van der Waals surface area contributed by atoms with Crippen molar-refractivity contribution in [1.82, 2.24) is 5.43 Å². The minimum atomic E-state index is -0.220. The van der Waals surface area contributed by atoms with Gasteiger partial charge in [0.15, 0.2) is 0 Å². The molecular weight excluding hydrogens is 316 g/mol. The molecule has 0 fully saturated rings. The lowest BCUT2D eigenvalue weighted by molar-refractivity contribution is 0.0955. The summed E-state index contributed by atoms with van der Waals surface area (Å²) in [7, 11) is 0. The van der Waals surface area contributed by atoms with E-state index in [1.165, 1.54) is 0 Å². The van der Waals surface area contributed by atoms with Crippen LogP contribution in [0.5, 0.6) is 0 Å². The molecule has 0 heterocycles. The van der Waals surface area contributed by atoms with Gasteiger partial charge in [-0.3, -0.25) is 4.79 Å². The highest BCUT2D eigenvalue weighted by molar-refractivity contribution is 9.10. The fourth-order valence-corrected chi connectivity index (χ4v) is 2.14. The summed E-state index contributed by atoms with van der Waals surface area (Å²) >= 11 is 3.33. The Kier molecular flexibility index (Phi) is 5.07. The van der Waals surface area contributed by atoms with Crippen LogP contribution in [-0.2, 0) is 0 Å². The molecule has 0 aliphatic heterocycles. The zero-order valence-electron chi connectivity index (χ0n) is 11.1. The zero-order chi connectivity index (χ0) is 14.4. The van der Waals surface area contributed by atoms with Crippen LogP contribution >= 0.6 is 15.9 Å². The number of hydrogen-bond donors (Lipinski definition) is 1. The van der Waals surface area contributed by atoms with Crippen LogP contribution in [0, 0.1) is 0 Å². The molecule has 2 aromatic rings. The highest BCUT2D eigenvalue weighted by Gasteiger charge is 2.05. The number of carbonyl (C=O) groups excluding carboxylic acids is 1. The molecule has 0 radical (unpaired) electrons. The van der Waals surface area contributed by atoms with E-state index in [1.54, 1.807) is 18.3 Å². The Morgan fingerprint density at radius 1 is 1.20 bits per heavy atom. The van der Waals surface area contributed by atoms with Gasteiger partial charge in [0.25, 0.3) is 5.91 Å². The maximum absolute atomic E-state index is 11.9. The summed E-state index contributed by atoms with van der Waals surface area (Å²) in [5.74, 6) is -0.0678. The second-order valence-corrected chi connectivity index (χ2v) is 5.34. The first kappa shape index (κ1) is 14.5. The lowest BCUT2D eigenvalue weighted by Gasteiger charge is -2.05. The normalized spacial score (nSPS) is 12.3. The fourth-order valence-electron chi connectivity index (χ4n) is 1.74. The molecule has 0 aromatic heterocycles. The molecule has 1 unspecified atom stereocenters. The van der Waals surface area contributed by atoms with Gasteiger partial charge in [0.1, 0.15) is 0 Å². The van der Waals surface area contributed by atoms with E-state index in [4.69, 9.17) is 0 Å². The van der Waals surface area contributed by atoms with Crippen LogP contribution in [0.2, 0.25) is 0 Å². The van der Waals surface area contributed by atoms with Gasteiger partial charge in [-0.25, -0.2) is 5.43 Å². The van der Waals surface area contributed by atoms with E-state index in [0.29, 0.717) is 5.56 Å². The molecule has 1 atom stereocenters. The molecule has 0 spiro atoms. The summed E-state index contributed by atoms with van der Waals surface area (Å²) in [6.07, 6.45) is 1.73. The van der Waals surface area contributed by atoms with Crippen molar-refractivity contribution in [3.63, 3.8) is 0 Å². The minimum Gasteiger partial charge on any atom is -0.267 e. The average Bonchev–Trinajstić information content (AvgIpc) is 2.48. The summed E-state index contributed by atoms with van der Waals surface area (Å²) in [5, 5.41) is 4.01. The van der Waals surface area contributed by atoms with Gasteiger partial charge in [0.05, 0.1) is 0 Å². The number of hydrogen-bond acceptors (Lipinski definition) is 2. The maximum Gasteiger partial charge on any atom is 0.271 e. The molecule has 2 aromatic carbocycles. The predicted octanol–water partition coefficient (Wildman–Crippen LogP) is 3.97. The molecule has 0 aliphatic carbocycles. The number of halogens is 1. The molecule has 2 rings (SSSR count). The van der Waals surface area contributed by atoms with Crippen molar-refractivity contribution in [1.29, 1.82) is 0 Å². The first-order valence-corrected chi connectivity index (χ1v) is 7.10. The first-order valence-electron chi connectivity index (χ1n) is 6.31. The van der Waals surface area contributed by atoms with Crippen LogP contribution in [0.25, 0.3) is 0 Å². The number of amides is 1. The van der Waals surface area contributed by atoms with Crippen molar-refractivity contribution < 1.29 is 4.79 Å². The summed E-state index contributed by atoms with van der Waals surface area (Å²) in [4.78, 5) is 11.9. The Bertz CT molecular complexity index is 611. The van der Waals surface area contributed by atoms with E-state index in [0.717, 1.165) is 10.0 Å². The van der Waals surface area contributed by atoms with Crippen molar-refractivity contribution in [2.24, 2.45) is 5.10 Å². The minimum absolute atomic E-state index is 0.152. The van der Waals surface area contributed by atoms with Gasteiger partial charge < -0.3 is 0 Å². The Morgan fingerprint density at radius 3 is 2.65 bits per heavy atom. The number of rotatable bonds is 4. The van der Waals surface area contributed by atoms with Gasteiger partial charge in [-0.1, -0.05) is 59.3 Å². The van der Waals surface area contributed by atoms with Crippen molar-refractivity contribution in [3.05, 3.63) is 70.2 Å². The molecule has 0 aliphatic rings. The highest BCUT2D eigenvalue weighted by atomic mass is 79.9. The number of nitrogens with one attached hydrogen (secondary N) is 1. The summed E-state index contributed by atoms with van der Waals surface area (Å²) < 4.78 is 0.867. The zero-order valence-corrected chi connectivity index (χ0v) is 12.7.